The normalized spacial score (nSPS) is 20.6. The van der Waals surface area contributed by atoms with Crippen molar-refractivity contribution >= 4 is 25.8 Å². The Labute approximate surface area is 89.1 Å². The van der Waals surface area contributed by atoms with Gasteiger partial charge in [0.1, 0.15) is 0 Å². The Kier molecular flexibility index (Phi) is 3.44. The highest BCUT2D eigenvalue weighted by atomic mass is 79.9. The van der Waals surface area contributed by atoms with E-state index >= 15 is 0 Å². The molecule has 0 aromatic rings. The molecule has 1 aliphatic carbocycles. The first-order valence-corrected chi connectivity index (χ1v) is 7.60. The van der Waals surface area contributed by atoms with Gasteiger partial charge in [0.25, 0.3) is 0 Å². The Balaban J connectivity index is 2.52. The zero-order chi connectivity index (χ0) is 10.1. The summed E-state index contributed by atoms with van der Waals surface area (Å²) in [6, 6.07) is 0. The summed E-state index contributed by atoms with van der Waals surface area (Å²) in [5.41, 5.74) is 0.0910. The topological polar surface area (TPSA) is 34.1 Å². The van der Waals surface area contributed by atoms with Gasteiger partial charge in [0.05, 0.1) is 11.5 Å². The highest BCUT2D eigenvalue weighted by Gasteiger charge is 2.44. The lowest BCUT2D eigenvalue weighted by Crippen LogP contribution is -2.23. The van der Waals surface area contributed by atoms with E-state index < -0.39 is 9.84 Å². The Bertz CT molecular complexity index is 265. The van der Waals surface area contributed by atoms with Gasteiger partial charge in [0, 0.05) is 5.33 Å². The number of rotatable bonds is 5. The molecule has 0 aromatic heterocycles. The summed E-state index contributed by atoms with van der Waals surface area (Å²) in [4.78, 5) is 0. The van der Waals surface area contributed by atoms with Crippen LogP contribution in [0.25, 0.3) is 0 Å². The van der Waals surface area contributed by atoms with E-state index in [-0.39, 0.29) is 11.3 Å². The summed E-state index contributed by atoms with van der Waals surface area (Å²) in [6.45, 7) is 3.90. The van der Waals surface area contributed by atoms with E-state index in [0.29, 0.717) is 11.5 Å². The van der Waals surface area contributed by atoms with Crippen LogP contribution in [0, 0.1) is 11.3 Å². The molecule has 0 radical (unpaired) electrons. The van der Waals surface area contributed by atoms with Gasteiger partial charge >= 0.3 is 0 Å². The van der Waals surface area contributed by atoms with E-state index in [1.807, 2.05) is 13.8 Å². The van der Waals surface area contributed by atoms with Crippen molar-refractivity contribution in [1.29, 1.82) is 0 Å². The van der Waals surface area contributed by atoms with Gasteiger partial charge in [-0.25, -0.2) is 8.42 Å². The molecule has 2 nitrogen and oxygen atoms in total. The molecule has 0 aliphatic heterocycles. The predicted molar refractivity (Wildman–Crippen MR) is 59.0 cm³/mol. The van der Waals surface area contributed by atoms with Gasteiger partial charge in [-0.15, -0.1) is 0 Å². The molecule has 13 heavy (non-hydrogen) atoms. The van der Waals surface area contributed by atoms with Crippen LogP contribution < -0.4 is 0 Å². The highest BCUT2D eigenvalue weighted by molar-refractivity contribution is 9.09. The second kappa shape index (κ2) is 3.89. The lowest BCUT2D eigenvalue weighted by molar-refractivity contribution is 0.560. The van der Waals surface area contributed by atoms with Crippen molar-refractivity contribution in [3.8, 4) is 0 Å². The van der Waals surface area contributed by atoms with Crippen molar-refractivity contribution in [2.24, 2.45) is 11.3 Å². The van der Waals surface area contributed by atoms with Crippen LogP contribution in [0.15, 0.2) is 0 Å². The fourth-order valence-corrected chi connectivity index (χ4v) is 5.01. The van der Waals surface area contributed by atoms with Crippen molar-refractivity contribution in [3.63, 3.8) is 0 Å². The fourth-order valence-electron chi connectivity index (χ4n) is 1.53. The van der Waals surface area contributed by atoms with Gasteiger partial charge in [-0.1, -0.05) is 29.8 Å². The second-order valence-electron chi connectivity index (χ2n) is 4.58. The number of hydrogen-bond donors (Lipinski definition) is 0. The van der Waals surface area contributed by atoms with Crippen LogP contribution in [-0.2, 0) is 9.84 Å². The highest BCUT2D eigenvalue weighted by Crippen LogP contribution is 2.48. The molecule has 0 spiro atoms. The molecule has 0 aromatic carbocycles. The molecule has 0 bridgehead atoms. The molecule has 0 saturated heterocycles. The molecule has 1 saturated carbocycles. The average Bonchev–Trinajstić information content (AvgIpc) is 2.65. The van der Waals surface area contributed by atoms with Crippen molar-refractivity contribution < 1.29 is 8.42 Å². The van der Waals surface area contributed by atoms with E-state index in [1.165, 1.54) is 0 Å². The van der Waals surface area contributed by atoms with Gasteiger partial charge in [-0.3, -0.25) is 0 Å². The van der Waals surface area contributed by atoms with Crippen LogP contribution in [0.3, 0.4) is 0 Å². The molecule has 4 heteroatoms. The first kappa shape index (κ1) is 11.5. The predicted octanol–water partition coefficient (Wildman–Crippen LogP) is 2.23. The summed E-state index contributed by atoms with van der Waals surface area (Å²) in [5, 5.41) is 0.831. The quantitative estimate of drug-likeness (QED) is 0.717. The molecule has 0 amide bonds. The van der Waals surface area contributed by atoms with E-state index in [4.69, 9.17) is 0 Å². The Morgan fingerprint density at radius 3 is 2.23 bits per heavy atom. The van der Waals surface area contributed by atoms with Crippen molar-refractivity contribution in [1.82, 2.24) is 0 Å². The van der Waals surface area contributed by atoms with Gasteiger partial charge < -0.3 is 0 Å². The average molecular weight is 269 g/mol. The second-order valence-corrected chi connectivity index (χ2v) is 7.25. The standard InChI is InChI=1S/C9H17BrO2S/c1-8(2)5-13(11,12)7-9(6-10)3-4-9/h8H,3-7H2,1-2H3. The Morgan fingerprint density at radius 2 is 1.92 bits per heavy atom. The Morgan fingerprint density at radius 1 is 1.38 bits per heavy atom. The van der Waals surface area contributed by atoms with Crippen LogP contribution in [0.2, 0.25) is 0 Å². The SMILES string of the molecule is CC(C)CS(=O)(=O)CC1(CBr)CC1. The van der Waals surface area contributed by atoms with E-state index in [1.54, 1.807) is 0 Å². The van der Waals surface area contributed by atoms with Gasteiger partial charge in [-0.05, 0) is 24.2 Å². The molecule has 0 N–H and O–H groups in total. The minimum atomic E-state index is -2.82. The van der Waals surface area contributed by atoms with Crippen LogP contribution in [0.1, 0.15) is 26.7 Å². The van der Waals surface area contributed by atoms with Crippen LogP contribution in [0.4, 0.5) is 0 Å². The maximum Gasteiger partial charge on any atom is 0.151 e. The van der Waals surface area contributed by atoms with Crippen molar-refractivity contribution in [2.75, 3.05) is 16.8 Å². The summed E-state index contributed by atoms with van der Waals surface area (Å²) >= 11 is 3.39. The molecule has 1 fully saturated rings. The molecular formula is C9H17BrO2S. The first-order chi connectivity index (χ1) is 5.89. The third-order valence-corrected chi connectivity index (χ3v) is 5.77. The van der Waals surface area contributed by atoms with Crippen molar-refractivity contribution in [2.45, 2.75) is 26.7 Å². The van der Waals surface area contributed by atoms with Crippen LogP contribution in [-0.4, -0.2) is 25.3 Å². The largest absolute Gasteiger partial charge is 0.229 e. The van der Waals surface area contributed by atoms with Crippen LogP contribution in [0.5, 0.6) is 0 Å². The fraction of sp³-hybridized carbons (Fsp3) is 1.00. The van der Waals surface area contributed by atoms with Crippen molar-refractivity contribution in [3.05, 3.63) is 0 Å². The summed E-state index contributed by atoms with van der Waals surface area (Å²) in [7, 11) is -2.82. The maximum absolute atomic E-state index is 11.6. The number of sulfone groups is 1. The van der Waals surface area contributed by atoms with E-state index in [9.17, 15) is 8.42 Å². The number of alkyl halides is 1. The third-order valence-electron chi connectivity index (χ3n) is 2.35. The molecule has 1 rings (SSSR count). The molecule has 78 valence electrons. The molecule has 0 atom stereocenters. The summed E-state index contributed by atoms with van der Waals surface area (Å²) in [5.74, 6) is 0.960. The minimum absolute atomic E-state index is 0.0910. The maximum atomic E-state index is 11.6. The molecular weight excluding hydrogens is 252 g/mol. The third kappa shape index (κ3) is 3.58. The zero-order valence-corrected chi connectivity index (χ0v) is 10.6. The molecule has 0 unspecified atom stereocenters. The summed E-state index contributed by atoms with van der Waals surface area (Å²) < 4.78 is 23.3. The van der Waals surface area contributed by atoms with Gasteiger partial charge in [0.2, 0.25) is 0 Å². The number of hydrogen-bond acceptors (Lipinski definition) is 2. The monoisotopic (exact) mass is 268 g/mol. The lowest BCUT2D eigenvalue weighted by Gasteiger charge is -2.13. The zero-order valence-electron chi connectivity index (χ0n) is 8.22. The van der Waals surface area contributed by atoms with Gasteiger partial charge in [0.15, 0.2) is 9.84 Å². The summed E-state index contributed by atoms with van der Waals surface area (Å²) in [6.07, 6.45) is 2.13. The first-order valence-electron chi connectivity index (χ1n) is 4.66. The van der Waals surface area contributed by atoms with E-state index in [2.05, 4.69) is 15.9 Å². The Hall–Kier alpha value is 0.430. The van der Waals surface area contributed by atoms with Gasteiger partial charge in [-0.2, -0.15) is 0 Å². The number of halogens is 1. The molecule has 0 heterocycles. The van der Waals surface area contributed by atoms with Crippen LogP contribution >= 0.6 is 15.9 Å². The smallest absolute Gasteiger partial charge is 0.151 e. The molecule has 1 aliphatic rings. The van der Waals surface area contributed by atoms with E-state index in [0.717, 1.165) is 18.2 Å². The minimum Gasteiger partial charge on any atom is -0.229 e. The lowest BCUT2D eigenvalue weighted by atomic mass is 10.2.